The van der Waals surface area contributed by atoms with Gasteiger partial charge in [-0.1, -0.05) is 25.1 Å². The summed E-state index contributed by atoms with van der Waals surface area (Å²) >= 11 is 0. The molecule has 1 aromatic rings. The number of carboxylic acid groups (broad SMARTS) is 1. The van der Waals surface area contributed by atoms with Gasteiger partial charge in [0, 0.05) is 37.8 Å². The van der Waals surface area contributed by atoms with E-state index < -0.39 is 0 Å². The van der Waals surface area contributed by atoms with Gasteiger partial charge >= 0.3 is 6.03 Å². The molecule has 29 heavy (non-hydrogen) atoms. The minimum Gasteiger partial charge on any atom is -0.483 e. The Balaban J connectivity index is 0.000000941. The van der Waals surface area contributed by atoms with Crippen LogP contribution >= 0.6 is 0 Å². The van der Waals surface area contributed by atoms with E-state index in [1.54, 1.807) is 28.0 Å². The summed E-state index contributed by atoms with van der Waals surface area (Å²) in [4.78, 5) is 38.7. The van der Waals surface area contributed by atoms with Gasteiger partial charge in [0.05, 0.1) is 0 Å². The van der Waals surface area contributed by atoms with E-state index in [1.165, 1.54) is 6.07 Å². The molecule has 1 aromatic carbocycles. The largest absolute Gasteiger partial charge is 0.483 e. The van der Waals surface area contributed by atoms with Crippen molar-refractivity contribution >= 4 is 18.4 Å². The maximum atomic E-state index is 13.8. The Morgan fingerprint density at radius 2 is 2.03 bits per heavy atom. The number of hydrogen-bond acceptors (Lipinski definition) is 4. The van der Waals surface area contributed by atoms with Gasteiger partial charge in [0.2, 0.25) is 5.91 Å². The average molecular weight is 408 g/mol. The van der Waals surface area contributed by atoms with Gasteiger partial charge in [0.25, 0.3) is 6.47 Å². The summed E-state index contributed by atoms with van der Waals surface area (Å²) in [6.07, 6.45) is 2.05. The van der Waals surface area contributed by atoms with Gasteiger partial charge in [-0.2, -0.15) is 0 Å². The molecule has 1 unspecified atom stereocenters. The quantitative estimate of drug-likeness (QED) is 0.734. The Hall–Kier alpha value is -2.68. The third-order valence-corrected chi connectivity index (χ3v) is 5.21. The van der Waals surface area contributed by atoms with Crippen molar-refractivity contribution in [3.05, 3.63) is 35.6 Å². The predicted octanol–water partition coefficient (Wildman–Crippen LogP) is 1.36. The van der Waals surface area contributed by atoms with Gasteiger partial charge in [-0.15, -0.1) is 0 Å². The van der Waals surface area contributed by atoms with Gasteiger partial charge in [-0.25, -0.2) is 9.18 Å². The van der Waals surface area contributed by atoms with Gasteiger partial charge in [-0.05, 0) is 32.0 Å². The maximum Gasteiger partial charge on any atom is 0.318 e. The van der Waals surface area contributed by atoms with Gasteiger partial charge in [0.15, 0.2) is 0 Å². The Bertz CT molecular complexity index is 703. The second kappa shape index (κ2) is 11.4. The molecule has 2 fully saturated rings. The lowest BCUT2D eigenvalue weighted by Gasteiger charge is -2.37. The molecule has 3 amide bonds. The van der Waals surface area contributed by atoms with Crippen molar-refractivity contribution in [2.24, 2.45) is 0 Å². The summed E-state index contributed by atoms with van der Waals surface area (Å²) in [5.41, 5.74) is 0.501. The number of carbonyl (C=O) groups excluding carboxylic acids is 2. The molecular formula is C20H29FN4O4. The van der Waals surface area contributed by atoms with Crippen molar-refractivity contribution in [1.29, 1.82) is 0 Å². The van der Waals surface area contributed by atoms with Gasteiger partial charge in [-0.3, -0.25) is 9.59 Å². The molecule has 3 rings (SSSR count). The number of likely N-dealkylation sites (tertiary alicyclic amines) is 1. The molecule has 8 nitrogen and oxygen atoms in total. The molecular weight excluding hydrogens is 379 g/mol. The summed E-state index contributed by atoms with van der Waals surface area (Å²) in [6, 6.07) is 6.44. The number of hydrogen-bond donors (Lipinski definition) is 2. The van der Waals surface area contributed by atoms with E-state index in [0.717, 1.165) is 32.5 Å². The first-order valence-corrected chi connectivity index (χ1v) is 9.85. The minimum absolute atomic E-state index is 0.0461. The number of piperidine rings is 1. The number of urea groups is 1. The van der Waals surface area contributed by atoms with Crippen LogP contribution in [0, 0.1) is 5.82 Å². The third-order valence-electron chi connectivity index (χ3n) is 5.21. The second-order valence-electron chi connectivity index (χ2n) is 7.12. The van der Waals surface area contributed by atoms with E-state index in [-0.39, 0.29) is 43.4 Å². The highest BCUT2D eigenvalue weighted by Gasteiger charge is 2.29. The highest BCUT2D eigenvalue weighted by molar-refractivity contribution is 5.85. The van der Waals surface area contributed by atoms with Gasteiger partial charge in [0.1, 0.15) is 12.4 Å². The summed E-state index contributed by atoms with van der Waals surface area (Å²) in [6.45, 7) is 5.98. The van der Waals surface area contributed by atoms with Crippen LogP contribution in [0.2, 0.25) is 0 Å². The highest BCUT2D eigenvalue weighted by atomic mass is 19.1. The fourth-order valence-corrected chi connectivity index (χ4v) is 3.61. The van der Waals surface area contributed by atoms with Crippen LogP contribution in [0.5, 0.6) is 0 Å². The Morgan fingerprint density at radius 3 is 2.69 bits per heavy atom. The first kappa shape index (κ1) is 22.6. The zero-order valence-corrected chi connectivity index (χ0v) is 16.7. The van der Waals surface area contributed by atoms with Crippen molar-refractivity contribution in [3.8, 4) is 0 Å². The topological polar surface area (TPSA) is 93.2 Å². The molecule has 160 valence electrons. The van der Waals surface area contributed by atoms with Crippen molar-refractivity contribution in [2.45, 2.75) is 32.4 Å². The minimum atomic E-state index is -0.307. The Kier molecular flexibility index (Phi) is 8.85. The fourth-order valence-electron chi connectivity index (χ4n) is 3.61. The lowest BCUT2D eigenvalue weighted by atomic mass is 10.1. The van der Waals surface area contributed by atoms with Crippen molar-refractivity contribution in [1.82, 2.24) is 20.0 Å². The number of nitrogens with one attached hydrogen (secondary N) is 1. The number of halogens is 1. The van der Waals surface area contributed by atoms with Crippen molar-refractivity contribution < 1.29 is 23.9 Å². The van der Waals surface area contributed by atoms with Crippen molar-refractivity contribution in [2.75, 3.05) is 39.3 Å². The summed E-state index contributed by atoms with van der Waals surface area (Å²) < 4.78 is 13.8. The van der Waals surface area contributed by atoms with Crippen LogP contribution in [0.1, 0.15) is 25.3 Å². The summed E-state index contributed by atoms with van der Waals surface area (Å²) in [5, 5.41) is 9.95. The molecule has 0 bridgehead atoms. The van der Waals surface area contributed by atoms with Gasteiger partial charge < -0.3 is 25.1 Å². The summed E-state index contributed by atoms with van der Waals surface area (Å²) in [7, 11) is 0. The average Bonchev–Trinajstić information content (AvgIpc) is 2.71. The van der Waals surface area contributed by atoms with Crippen LogP contribution in [0.4, 0.5) is 9.18 Å². The molecule has 0 radical (unpaired) electrons. The number of piperazine rings is 1. The number of likely N-dealkylation sites (N-methyl/N-ethyl adjacent to an activating group) is 1. The maximum absolute atomic E-state index is 13.8. The van der Waals surface area contributed by atoms with Crippen LogP contribution in [0.3, 0.4) is 0 Å². The molecule has 0 spiro atoms. The fraction of sp³-hybridized carbons (Fsp3) is 0.550. The lowest BCUT2D eigenvalue weighted by Crippen LogP contribution is -2.57. The number of benzene rings is 1. The molecule has 0 saturated carbocycles. The summed E-state index contributed by atoms with van der Waals surface area (Å²) in [5.74, 6) is -0.452. The standard InChI is InChI=1S/C19H27FN4O2.CH2O2/c1-2-22-9-5-7-16(13-22)21-19(26)24-11-10-23(18(25)14-24)12-15-6-3-4-8-17(15)20;2-1-3/h3-4,6,8,16H,2,5,7,9-14H2,1H3,(H,21,26);1H,(H,2,3). The van der Waals surface area contributed by atoms with E-state index in [2.05, 4.69) is 17.1 Å². The molecule has 0 aliphatic carbocycles. The first-order chi connectivity index (χ1) is 14.0. The number of rotatable bonds is 4. The monoisotopic (exact) mass is 408 g/mol. The number of nitrogens with zero attached hydrogens (tertiary/aromatic N) is 3. The normalized spacial score (nSPS) is 19.9. The van der Waals surface area contributed by atoms with E-state index in [0.29, 0.717) is 18.7 Å². The van der Waals surface area contributed by atoms with E-state index in [9.17, 15) is 14.0 Å². The molecule has 9 heteroatoms. The van der Waals surface area contributed by atoms with E-state index in [4.69, 9.17) is 9.90 Å². The second-order valence-corrected chi connectivity index (χ2v) is 7.12. The first-order valence-electron chi connectivity index (χ1n) is 9.85. The van der Waals surface area contributed by atoms with Crippen LogP contribution in [0.15, 0.2) is 24.3 Å². The lowest BCUT2D eigenvalue weighted by molar-refractivity contribution is -0.135. The molecule has 2 aliphatic heterocycles. The molecule has 2 N–H and O–H groups in total. The molecule has 2 aliphatic rings. The van der Waals surface area contributed by atoms with Crippen LogP contribution in [-0.4, -0.2) is 83.5 Å². The SMILES string of the molecule is CCN1CCCC(NC(=O)N2CCN(Cc3ccccc3F)C(=O)C2)C1.O=CO. The predicted molar refractivity (Wildman–Crippen MR) is 106 cm³/mol. The molecule has 2 heterocycles. The van der Waals surface area contributed by atoms with E-state index in [1.807, 2.05) is 0 Å². The van der Waals surface area contributed by atoms with Crippen LogP contribution in [-0.2, 0) is 16.1 Å². The number of carbonyl (C=O) groups is 3. The third kappa shape index (κ3) is 6.70. The smallest absolute Gasteiger partial charge is 0.318 e. The molecule has 1 atom stereocenters. The molecule has 0 aromatic heterocycles. The van der Waals surface area contributed by atoms with Crippen LogP contribution < -0.4 is 5.32 Å². The zero-order chi connectivity index (χ0) is 21.2. The van der Waals surface area contributed by atoms with Crippen LogP contribution in [0.25, 0.3) is 0 Å². The van der Waals surface area contributed by atoms with Crippen molar-refractivity contribution in [3.63, 3.8) is 0 Å². The molecule has 2 saturated heterocycles. The Morgan fingerprint density at radius 1 is 1.31 bits per heavy atom. The highest BCUT2D eigenvalue weighted by Crippen LogP contribution is 2.14. The van der Waals surface area contributed by atoms with E-state index >= 15 is 0 Å². The zero-order valence-electron chi connectivity index (χ0n) is 16.7. The Labute approximate surface area is 170 Å². The number of amides is 3.